The Kier molecular flexibility index (Phi) is 7.15. The zero-order valence-electron chi connectivity index (χ0n) is 17.3. The van der Waals surface area contributed by atoms with Crippen LogP contribution in [0.3, 0.4) is 0 Å². The molecule has 31 heavy (non-hydrogen) atoms. The van der Waals surface area contributed by atoms with Gasteiger partial charge in [0, 0.05) is 17.6 Å². The molecule has 0 aliphatic carbocycles. The van der Waals surface area contributed by atoms with E-state index in [0.717, 1.165) is 17.5 Å². The molecule has 1 heterocycles. The molecule has 1 amide bonds. The summed E-state index contributed by atoms with van der Waals surface area (Å²) < 4.78 is 30.6. The van der Waals surface area contributed by atoms with Crippen LogP contribution in [0.4, 0.5) is 5.69 Å². The lowest BCUT2D eigenvalue weighted by Crippen LogP contribution is -2.15. The highest BCUT2D eigenvalue weighted by molar-refractivity contribution is 7.99. The van der Waals surface area contributed by atoms with Gasteiger partial charge in [0.1, 0.15) is 5.75 Å². The third kappa shape index (κ3) is 5.32. The van der Waals surface area contributed by atoms with Crippen molar-refractivity contribution in [3.8, 4) is 5.75 Å². The number of amides is 1. The molecule has 0 spiro atoms. The summed E-state index contributed by atoms with van der Waals surface area (Å²) in [5.74, 6) is 0.355. The van der Waals surface area contributed by atoms with Crippen molar-refractivity contribution >= 4 is 56.0 Å². The Balaban J connectivity index is 1.82. The fraction of sp³-hybridized carbons (Fsp3) is 0.300. The number of carbonyl (C=O) groups is 1. The molecule has 0 aliphatic heterocycles. The van der Waals surface area contributed by atoms with Crippen LogP contribution in [0.15, 0.2) is 40.4 Å². The maximum absolute atomic E-state index is 12.6. The molecule has 0 aliphatic rings. The predicted molar refractivity (Wildman–Crippen MR) is 123 cm³/mol. The van der Waals surface area contributed by atoms with Crippen LogP contribution in [0, 0.1) is 6.92 Å². The molecule has 0 radical (unpaired) electrons. The molecule has 8 nitrogen and oxygen atoms in total. The van der Waals surface area contributed by atoms with E-state index >= 15 is 0 Å². The first-order chi connectivity index (χ1) is 14.6. The highest BCUT2D eigenvalue weighted by Crippen LogP contribution is 2.31. The van der Waals surface area contributed by atoms with Gasteiger partial charge in [-0.2, -0.15) is 0 Å². The number of aryl methyl sites for hydroxylation is 2. The quantitative estimate of drug-likeness (QED) is 0.472. The lowest BCUT2D eigenvalue weighted by Gasteiger charge is -2.12. The summed E-state index contributed by atoms with van der Waals surface area (Å²) in [5, 5.41) is 9.24. The Hall–Kier alpha value is -2.27. The number of methoxy groups -OCH3 is 1. The number of nitrogens with two attached hydrogens (primary N) is 1. The first-order valence-electron chi connectivity index (χ1n) is 9.44. The monoisotopic (exact) mass is 482 g/mol. The highest BCUT2D eigenvalue weighted by atomic mass is 35.5. The van der Waals surface area contributed by atoms with Crippen molar-refractivity contribution in [3.63, 3.8) is 0 Å². The van der Waals surface area contributed by atoms with E-state index in [1.54, 1.807) is 18.2 Å². The second-order valence-corrected chi connectivity index (χ2v) is 9.79. The molecule has 0 unspecified atom stereocenters. The van der Waals surface area contributed by atoms with E-state index in [2.05, 4.69) is 10.3 Å². The van der Waals surface area contributed by atoms with Gasteiger partial charge in [0.2, 0.25) is 15.9 Å². The van der Waals surface area contributed by atoms with Gasteiger partial charge >= 0.3 is 0 Å². The third-order valence-corrected chi connectivity index (χ3v) is 6.84. The maximum atomic E-state index is 12.6. The zero-order valence-corrected chi connectivity index (χ0v) is 19.7. The standard InChI is InChI=1S/C20H23ClN4O4S2/c1-4-7-25-17-6-5-13(31(22,27)28)9-15(17)24-20(25)30-11-19(26)23-16-8-12(2)14(21)10-18(16)29-3/h5-6,8-10H,4,7,11H2,1-3H3,(H,23,26)(H2,22,27,28). The van der Waals surface area contributed by atoms with E-state index < -0.39 is 10.0 Å². The first-order valence-corrected chi connectivity index (χ1v) is 12.3. The molecule has 2 aromatic carbocycles. The van der Waals surface area contributed by atoms with Gasteiger partial charge in [-0.05, 0) is 43.2 Å². The fourth-order valence-corrected chi connectivity index (χ4v) is 4.59. The summed E-state index contributed by atoms with van der Waals surface area (Å²) >= 11 is 7.38. The second kappa shape index (κ2) is 9.47. The minimum Gasteiger partial charge on any atom is -0.495 e. The Morgan fingerprint density at radius 2 is 2.06 bits per heavy atom. The van der Waals surface area contributed by atoms with E-state index in [1.165, 1.54) is 31.0 Å². The molecular weight excluding hydrogens is 460 g/mol. The number of benzene rings is 2. The van der Waals surface area contributed by atoms with Crippen molar-refractivity contribution < 1.29 is 17.9 Å². The molecule has 1 aromatic heterocycles. The van der Waals surface area contributed by atoms with Crippen molar-refractivity contribution in [2.75, 3.05) is 18.2 Å². The predicted octanol–water partition coefficient (Wildman–Crippen LogP) is 3.79. The van der Waals surface area contributed by atoms with Crippen LogP contribution in [-0.4, -0.2) is 36.7 Å². The summed E-state index contributed by atoms with van der Waals surface area (Å²) in [6, 6.07) is 8.00. The fourth-order valence-electron chi connectivity index (χ4n) is 3.06. The Morgan fingerprint density at radius 1 is 1.32 bits per heavy atom. The van der Waals surface area contributed by atoms with Crippen LogP contribution < -0.4 is 15.2 Å². The van der Waals surface area contributed by atoms with Crippen molar-refractivity contribution in [1.82, 2.24) is 9.55 Å². The number of thioether (sulfide) groups is 1. The number of aromatic nitrogens is 2. The van der Waals surface area contributed by atoms with E-state index in [4.69, 9.17) is 21.5 Å². The highest BCUT2D eigenvalue weighted by Gasteiger charge is 2.17. The van der Waals surface area contributed by atoms with Gasteiger partial charge in [0.25, 0.3) is 0 Å². The number of imidazole rings is 1. The van der Waals surface area contributed by atoms with Crippen LogP contribution in [0.1, 0.15) is 18.9 Å². The SMILES string of the molecule is CCCn1c(SCC(=O)Nc2cc(C)c(Cl)cc2OC)nc2cc(S(N)(=O)=O)ccc21. The summed E-state index contributed by atoms with van der Waals surface area (Å²) in [4.78, 5) is 17.1. The number of fused-ring (bicyclic) bond motifs is 1. The van der Waals surface area contributed by atoms with E-state index in [9.17, 15) is 13.2 Å². The topological polar surface area (TPSA) is 116 Å². The lowest BCUT2D eigenvalue weighted by atomic mass is 10.2. The number of nitrogens with one attached hydrogen (secondary N) is 1. The van der Waals surface area contributed by atoms with Crippen LogP contribution in [0.25, 0.3) is 11.0 Å². The molecule has 3 N–H and O–H groups in total. The normalized spacial score (nSPS) is 11.6. The van der Waals surface area contributed by atoms with Crippen molar-refractivity contribution in [3.05, 3.63) is 40.9 Å². The van der Waals surface area contributed by atoms with Gasteiger partial charge in [0.15, 0.2) is 5.16 Å². The van der Waals surface area contributed by atoms with E-state index in [-0.39, 0.29) is 16.6 Å². The summed E-state index contributed by atoms with van der Waals surface area (Å²) in [7, 11) is -2.32. The average molecular weight is 483 g/mol. The third-order valence-electron chi connectivity index (χ3n) is 4.55. The summed E-state index contributed by atoms with van der Waals surface area (Å²) in [5.41, 5.74) is 2.65. The number of primary sulfonamides is 1. The number of hydrogen-bond acceptors (Lipinski definition) is 6. The Bertz CT molecular complexity index is 1240. The molecule has 3 rings (SSSR count). The number of anilines is 1. The Morgan fingerprint density at radius 3 is 2.71 bits per heavy atom. The van der Waals surface area contributed by atoms with Gasteiger partial charge in [-0.1, -0.05) is 30.3 Å². The second-order valence-electron chi connectivity index (χ2n) is 6.88. The van der Waals surface area contributed by atoms with Gasteiger partial charge in [-0.25, -0.2) is 18.5 Å². The molecule has 0 bridgehead atoms. The molecule has 0 fully saturated rings. The molecule has 3 aromatic rings. The number of rotatable bonds is 8. The van der Waals surface area contributed by atoms with Crippen LogP contribution in [-0.2, 0) is 21.4 Å². The number of hydrogen-bond donors (Lipinski definition) is 2. The van der Waals surface area contributed by atoms with Crippen LogP contribution in [0.2, 0.25) is 5.02 Å². The van der Waals surface area contributed by atoms with Crippen LogP contribution in [0.5, 0.6) is 5.75 Å². The van der Waals surface area contributed by atoms with Gasteiger partial charge in [-0.3, -0.25) is 4.79 Å². The van der Waals surface area contributed by atoms with E-state index in [1.807, 2.05) is 18.4 Å². The van der Waals surface area contributed by atoms with Crippen molar-refractivity contribution in [1.29, 1.82) is 0 Å². The number of ether oxygens (including phenoxy) is 1. The molecular formula is C20H23ClN4O4S2. The number of sulfonamides is 1. The molecule has 11 heteroatoms. The van der Waals surface area contributed by atoms with Crippen LogP contribution >= 0.6 is 23.4 Å². The molecule has 0 saturated carbocycles. The van der Waals surface area contributed by atoms with Gasteiger partial charge in [-0.15, -0.1) is 0 Å². The largest absolute Gasteiger partial charge is 0.495 e. The molecule has 0 atom stereocenters. The first kappa shape index (κ1) is 23.4. The van der Waals surface area contributed by atoms with Crippen molar-refractivity contribution in [2.24, 2.45) is 5.14 Å². The lowest BCUT2D eigenvalue weighted by molar-refractivity contribution is -0.113. The van der Waals surface area contributed by atoms with Crippen molar-refractivity contribution in [2.45, 2.75) is 36.9 Å². The van der Waals surface area contributed by atoms with Gasteiger partial charge < -0.3 is 14.6 Å². The zero-order chi connectivity index (χ0) is 22.8. The Labute approximate surface area is 190 Å². The number of nitrogens with zero attached hydrogens (tertiary/aromatic N) is 2. The summed E-state index contributed by atoms with van der Waals surface area (Å²) in [6.45, 7) is 4.55. The average Bonchev–Trinajstić information content (AvgIpc) is 3.05. The summed E-state index contributed by atoms with van der Waals surface area (Å²) in [6.07, 6.45) is 0.851. The number of carbonyl (C=O) groups excluding carboxylic acids is 1. The smallest absolute Gasteiger partial charge is 0.238 e. The maximum Gasteiger partial charge on any atom is 0.238 e. The molecule has 166 valence electrons. The van der Waals surface area contributed by atoms with Gasteiger partial charge in [0.05, 0.1) is 34.5 Å². The minimum atomic E-state index is -3.83. The molecule has 0 saturated heterocycles. The van der Waals surface area contributed by atoms with E-state index in [0.29, 0.717) is 33.7 Å². The minimum absolute atomic E-state index is 0.000597. The number of halogens is 1.